The molecule has 0 radical (unpaired) electrons. The summed E-state index contributed by atoms with van der Waals surface area (Å²) in [5, 5.41) is 16.9. The largest absolute Gasteiger partial charge is 0.391 e. The molecule has 5 heteroatoms. The summed E-state index contributed by atoms with van der Waals surface area (Å²) in [5.74, 6) is 0.504. The fourth-order valence-electron chi connectivity index (χ4n) is 3.38. The second kappa shape index (κ2) is 6.15. The monoisotopic (exact) mass is 325 g/mol. The Morgan fingerprint density at radius 3 is 2.88 bits per heavy atom. The van der Waals surface area contributed by atoms with Crippen molar-refractivity contribution in [3.05, 3.63) is 41.1 Å². The third kappa shape index (κ3) is 3.01. The Bertz CT molecular complexity index is 786. The summed E-state index contributed by atoms with van der Waals surface area (Å²) < 4.78 is 0. The molecule has 2 aliphatic rings. The summed E-state index contributed by atoms with van der Waals surface area (Å²) in [6.45, 7) is 3.85. The molecule has 2 heterocycles. The number of nitrogens with one attached hydrogen (secondary N) is 2. The number of benzene rings is 1. The minimum atomic E-state index is -0.385. The highest BCUT2D eigenvalue weighted by Gasteiger charge is 2.28. The Balaban J connectivity index is 1.63. The van der Waals surface area contributed by atoms with E-state index in [1.165, 1.54) is 0 Å². The molecule has 126 valence electrons. The lowest BCUT2D eigenvalue weighted by Gasteiger charge is -2.15. The molecule has 2 aromatic rings. The molecule has 24 heavy (non-hydrogen) atoms. The molecule has 2 atom stereocenters. The van der Waals surface area contributed by atoms with E-state index >= 15 is 0 Å². The number of rotatable bonds is 4. The second-order valence-corrected chi connectivity index (χ2v) is 7.09. The zero-order valence-corrected chi connectivity index (χ0v) is 13.9. The van der Waals surface area contributed by atoms with Gasteiger partial charge in [0, 0.05) is 42.6 Å². The Morgan fingerprint density at radius 2 is 2.17 bits per heavy atom. The van der Waals surface area contributed by atoms with Crippen molar-refractivity contribution in [1.29, 1.82) is 0 Å². The summed E-state index contributed by atoms with van der Waals surface area (Å²) in [7, 11) is 0. The van der Waals surface area contributed by atoms with Crippen LogP contribution < -0.4 is 10.6 Å². The number of hydrogen-bond acceptors (Lipinski definition) is 4. The van der Waals surface area contributed by atoms with Crippen LogP contribution in [0.25, 0.3) is 10.9 Å². The summed E-state index contributed by atoms with van der Waals surface area (Å²) in [4.78, 5) is 17.5. The number of aryl methyl sites for hydroxylation is 1. The van der Waals surface area contributed by atoms with E-state index in [2.05, 4.69) is 10.6 Å². The molecule has 1 aliphatic heterocycles. The van der Waals surface area contributed by atoms with E-state index in [1.54, 1.807) is 0 Å². The van der Waals surface area contributed by atoms with Crippen LogP contribution in [0.3, 0.4) is 0 Å². The van der Waals surface area contributed by atoms with E-state index in [9.17, 15) is 9.90 Å². The van der Waals surface area contributed by atoms with Crippen LogP contribution in [0.4, 0.5) is 0 Å². The molecule has 4 rings (SSSR count). The number of carbonyl (C=O) groups excluding carboxylic acids is 1. The van der Waals surface area contributed by atoms with E-state index < -0.39 is 0 Å². The molecule has 1 aromatic heterocycles. The number of aliphatic hydroxyl groups excluding tert-OH is 1. The normalized spacial score (nSPS) is 23.6. The first-order valence-electron chi connectivity index (χ1n) is 8.70. The Morgan fingerprint density at radius 1 is 1.33 bits per heavy atom. The number of β-amino-alcohol motifs (C(OH)–C–C–N with tert-alkyl or cyclic N) is 1. The van der Waals surface area contributed by atoms with E-state index in [0.29, 0.717) is 24.6 Å². The summed E-state index contributed by atoms with van der Waals surface area (Å²) in [6.07, 6.45) is 1.93. The van der Waals surface area contributed by atoms with Gasteiger partial charge in [0.05, 0.1) is 17.2 Å². The summed E-state index contributed by atoms with van der Waals surface area (Å²) >= 11 is 0. The zero-order chi connectivity index (χ0) is 16.7. The topological polar surface area (TPSA) is 74.2 Å². The SMILES string of the molecule is Cc1ccc2nc(C3CC3)cc(C(=O)NCC3CNCC3O)c2c1. The van der Waals surface area contributed by atoms with Gasteiger partial charge >= 0.3 is 0 Å². The lowest BCUT2D eigenvalue weighted by Crippen LogP contribution is -2.34. The first-order valence-corrected chi connectivity index (χ1v) is 8.70. The predicted octanol–water partition coefficient (Wildman–Crippen LogP) is 1.73. The van der Waals surface area contributed by atoms with E-state index in [1.807, 2.05) is 31.2 Å². The number of hydrogen-bond donors (Lipinski definition) is 3. The van der Waals surface area contributed by atoms with Crippen LogP contribution in [-0.4, -0.2) is 41.7 Å². The minimum absolute atomic E-state index is 0.0750. The van der Waals surface area contributed by atoms with Crippen molar-refractivity contribution in [1.82, 2.24) is 15.6 Å². The number of aromatic nitrogens is 1. The average molecular weight is 325 g/mol. The third-order valence-electron chi connectivity index (χ3n) is 5.05. The van der Waals surface area contributed by atoms with Gasteiger partial charge in [0.1, 0.15) is 0 Å². The number of pyridine rings is 1. The molecule has 0 spiro atoms. The van der Waals surface area contributed by atoms with Gasteiger partial charge in [-0.05, 0) is 38.0 Å². The van der Waals surface area contributed by atoms with Crippen molar-refractivity contribution >= 4 is 16.8 Å². The van der Waals surface area contributed by atoms with Crippen LogP contribution in [0.1, 0.15) is 40.4 Å². The maximum atomic E-state index is 12.8. The molecule has 1 saturated heterocycles. The van der Waals surface area contributed by atoms with Gasteiger partial charge in [0.2, 0.25) is 0 Å². The number of aliphatic hydroxyl groups is 1. The Hall–Kier alpha value is -1.98. The summed E-state index contributed by atoms with van der Waals surface area (Å²) in [6, 6.07) is 8.02. The molecule has 2 fully saturated rings. The smallest absolute Gasteiger partial charge is 0.252 e. The van der Waals surface area contributed by atoms with E-state index in [0.717, 1.165) is 41.5 Å². The Kier molecular flexibility index (Phi) is 3.98. The quantitative estimate of drug-likeness (QED) is 0.800. The molecule has 1 saturated carbocycles. The summed E-state index contributed by atoms with van der Waals surface area (Å²) in [5.41, 5.74) is 3.73. The van der Waals surface area contributed by atoms with Crippen molar-refractivity contribution in [2.45, 2.75) is 31.8 Å². The van der Waals surface area contributed by atoms with Gasteiger partial charge in [0.15, 0.2) is 0 Å². The molecule has 5 nitrogen and oxygen atoms in total. The predicted molar refractivity (Wildman–Crippen MR) is 93.2 cm³/mol. The van der Waals surface area contributed by atoms with Gasteiger partial charge in [-0.1, -0.05) is 11.6 Å². The molecular weight excluding hydrogens is 302 g/mol. The fourth-order valence-corrected chi connectivity index (χ4v) is 3.38. The van der Waals surface area contributed by atoms with Crippen molar-refractivity contribution < 1.29 is 9.90 Å². The lowest BCUT2D eigenvalue weighted by atomic mass is 10.0. The standard InChI is InChI=1S/C19H23N3O2/c1-11-2-5-16-14(6-11)15(7-17(22-16)12-3-4-12)19(24)21-9-13-8-20-10-18(13)23/h2,5-7,12-13,18,20,23H,3-4,8-10H2,1H3,(H,21,24). The second-order valence-electron chi connectivity index (χ2n) is 7.09. The Labute approximate surface area is 141 Å². The van der Waals surface area contributed by atoms with Crippen LogP contribution in [0.2, 0.25) is 0 Å². The average Bonchev–Trinajstić information content (AvgIpc) is 3.34. The zero-order valence-electron chi connectivity index (χ0n) is 13.9. The van der Waals surface area contributed by atoms with Crippen molar-refractivity contribution in [3.8, 4) is 0 Å². The number of carbonyl (C=O) groups is 1. The highest BCUT2D eigenvalue weighted by Crippen LogP contribution is 2.40. The molecule has 2 unspecified atom stereocenters. The maximum absolute atomic E-state index is 12.8. The van der Waals surface area contributed by atoms with Crippen molar-refractivity contribution in [2.75, 3.05) is 19.6 Å². The maximum Gasteiger partial charge on any atom is 0.252 e. The van der Waals surface area contributed by atoms with Gasteiger partial charge in [0.25, 0.3) is 5.91 Å². The first-order chi connectivity index (χ1) is 11.6. The van der Waals surface area contributed by atoms with E-state index in [-0.39, 0.29) is 17.9 Å². The number of amides is 1. The van der Waals surface area contributed by atoms with Crippen molar-refractivity contribution in [2.24, 2.45) is 5.92 Å². The van der Waals surface area contributed by atoms with Crippen LogP contribution >= 0.6 is 0 Å². The molecular formula is C19H23N3O2. The van der Waals surface area contributed by atoms with Crippen LogP contribution in [0, 0.1) is 12.8 Å². The minimum Gasteiger partial charge on any atom is -0.391 e. The molecule has 1 amide bonds. The lowest BCUT2D eigenvalue weighted by molar-refractivity contribution is 0.0928. The van der Waals surface area contributed by atoms with Crippen LogP contribution in [0.5, 0.6) is 0 Å². The molecule has 1 aliphatic carbocycles. The number of fused-ring (bicyclic) bond motifs is 1. The van der Waals surface area contributed by atoms with E-state index in [4.69, 9.17) is 4.98 Å². The van der Waals surface area contributed by atoms with Crippen LogP contribution in [-0.2, 0) is 0 Å². The highest BCUT2D eigenvalue weighted by molar-refractivity contribution is 6.06. The van der Waals surface area contributed by atoms with Gasteiger partial charge in [-0.3, -0.25) is 9.78 Å². The first kappa shape index (κ1) is 15.5. The van der Waals surface area contributed by atoms with Gasteiger partial charge in [-0.25, -0.2) is 0 Å². The van der Waals surface area contributed by atoms with Gasteiger partial charge in [-0.2, -0.15) is 0 Å². The molecule has 3 N–H and O–H groups in total. The fraction of sp³-hybridized carbons (Fsp3) is 0.474. The highest BCUT2D eigenvalue weighted by atomic mass is 16.3. The van der Waals surface area contributed by atoms with Crippen LogP contribution in [0.15, 0.2) is 24.3 Å². The third-order valence-corrected chi connectivity index (χ3v) is 5.05. The molecule has 1 aromatic carbocycles. The van der Waals surface area contributed by atoms with Gasteiger partial charge < -0.3 is 15.7 Å². The van der Waals surface area contributed by atoms with Gasteiger partial charge in [-0.15, -0.1) is 0 Å². The molecule has 0 bridgehead atoms. The van der Waals surface area contributed by atoms with Crippen molar-refractivity contribution in [3.63, 3.8) is 0 Å². The number of nitrogens with zero attached hydrogens (tertiary/aromatic N) is 1.